The van der Waals surface area contributed by atoms with E-state index in [1.807, 2.05) is 41.1 Å². The van der Waals surface area contributed by atoms with Gasteiger partial charge in [0.05, 0.1) is 46.2 Å². The van der Waals surface area contributed by atoms with Gasteiger partial charge >= 0.3 is 11.9 Å². The molecule has 0 amide bonds. The topological polar surface area (TPSA) is 128 Å². The molecule has 3 aromatic heterocycles. The summed E-state index contributed by atoms with van der Waals surface area (Å²) in [6, 6.07) is 12.9. The first-order valence-electron chi connectivity index (χ1n) is 11.2. The number of aromatic nitrogens is 4. The van der Waals surface area contributed by atoms with E-state index in [1.165, 1.54) is 17.9 Å². The molecule has 0 fully saturated rings. The van der Waals surface area contributed by atoms with E-state index in [0.717, 1.165) is 15.6 Å². The summed E-state index contributed by atoms with van der Waals surface area (Å²) in [5.41, 5.74) is 2.12. The Hall–Kier alpha value is -4.22. The van der Waals surface area contributed by atoms with Crippen molar-refractivity contribution in [3.05, 3.63) is 66.2 Å². The van der Waals surface area contributed by atoms with Crippen LogP contribution in [0.2, 0.25) is 5.02 Å². The molecule has 0 unspecified atom stereocenters. The van der Waals surface area contributed by atoms with Gasteiger partial charge in [0.2, 0.25) is 0 Å². The second kappa shape index (κ2) is 10.8. The van der Waals surface area contributed by atoms with Gasteiger partial charge in [0.25, 0.3) is 0 Å². The summed E-state index contributed by atoms with van der Waals surface area (Å²) < 4.78 is 18.3. The lowest BCUT2D eigenvalue weighted by Crippen LogP contribution is -2.12. The number of aliphatic carboxylic acids is 1. The third-order valence-electron chi connectivity index (χ3n) is 5.46. The number of ether oxygens (including phenoxy) is 2. The molecule has 37 heavy (non-hydrogen) atoms. The molecule has 5 rings (SSSR count). The van der Waals surface area contributed by atoms with Crippen molar-refractivity contribution in [2.45, 2.75) is 19.4 Å². The second-order valence-electron chi connectivity index (χ2n) is 7.95. The van der Waals surface area contributed by atoms with Crippen molar-refractivity contribution in [3.63, 3.8) is 0 Å². The fourth-order valence-electron chi connectivity index (χ4n) is 3.72. The maximum absolute atomic E-state index is 11.7. The van der Waals surface area contributed by atoms with Gasteiger partial charge in [-0.05, 0) is 47.9 Å². The highest BCUT2D eigenvalue weighted by Gasteiger charge is 2.13. The Labute approximate surface area is 219 Å². The van der Waals surface area contributed by atoms with Gasteiger partial charge < -0.3 is 24.5 Å². The van der Waals surface area contributed by atoms with E-state index < -0.39 is 11.9 Å². The normalized spacial score (nSPS) is 11.1. The molecule has 188 valence electrons. The highest BCUT2D eigenvalue weighted by atomic mass is 35.5. The number of halogens is 1. The van der Waals surface area contributed by atoms with Crippen LogP contribution in [0.1, 0.15) is 12.8 Å². The van der Waals surface area contributed by atoms with Crippen LogP contribution in [0.4, 0.5) is 11.5 Å². The number of rotatable bonds is 10. The number of carbonyl (C=O) groups is 2. The average molecular weight is 538 g/mol. The van der Waals surface area contributed by atoms with Gasteiger partial charge in [0.15, 0.2) is 5.82 Å². The number of fused-ring (bicyclic) bond motifs is 2. The SMILES string of the molecule is O=C(O)CCC(=O)OCCn1ccc2ncnc(Nc3ccc(Oc4cccc5sncc45)c(Cl)c3)c21. The van der Waals surface area contributed by atoms with E-state index in [-0.39, 0.29) is 19.4 Å². The molecule has 0 radical (unpaired) electrons. The maximum atomic E-state index is 11.7. The van der Waals surface area contributed by atoms with Crippen LogP contribution in [-0.4, -0.2) is 42.6 Å². The van der Waals surface area contributed by atoms with E-state index >= 15 is 0 Å². The Morgan fingerprint density at radius 3 is 2.84 bits per heavy atom. The minimum absolute atomic E-state index is 0.0842. The maximum Gasteiger partial charge on any atom is 0.306 e. The van der Waals surface area contributed by atoms with Gasteiger partial charge in [-0.25, -0.2) is 9.97 Å². The van der Waals surface area contributed by atoms with Gasteiger partial charge in [-0.2, -0.15) is 4.37 Å². The van der Waals surface area contributed by atoms with Gasteiger partial charge in [-0.3, -0.25) is 9.59 Å². The molecule has 12 heteroatoms. The Morgan fingerprint density at radius 2 is 2.00 bits per heavy atom. The number of anilines is 2. The number of carboxylic acid groups (broad SMARTS) is 1. The Morgan fingerprint density at radius 1 is 1.11 bits per heavy atom. The van der Waals surface area contributed by atoms with Gasteiger partial charge in [-0.1, -0.05) is 17.7 Å². The first-order valence-corrected chi connectivity index (χ1v) is 12.4. The summed E-state index contributed by atoms with van der Waals surface area (Å²) >= 11 is 7.94. The number of hydrogen-bond acceptors (Lipinski definition) is 9. The lowest BCUT2D eigenvalue weighted by molar-refractivity contribution is -0.147. The third-order valence-corrected chi connectivity index (χ3v) is 6.52. The van der Waals surface area contributed by atoms with E-state index in [9.17, 15) is 9.59 Å². The lowest BCUT2D eigenvalue weighted by atomic mass is 10.2. The average Bonchev–Trinajstić information content (AvgIpc) is 3.53. The number of esters is 1. The van der Waals surface area contributed by atoms with Crippen molar-refractivity contribution in [1.82, 2.24) is 18.9 Å². The predicted molar refractivity (Wildman–Crippen MR) is 140 cm³/mol. The zero-order valence-electron chi connectivity index (χ0n) is 19.3. The van der Waals surface area contributed by atoms with E-state index in [0.29, 0.717) is 40.1 Å². The molecule has 0 aliphatic heterocycles. The van der Waals surface area contributed by atoms with Crippen LogP contribution in [-0.2, 0) is 20.9 Å². The molecular formula is C25H20ClN5O5S. The minimum atomic E-state index is -1.04. The van der Waals surface area contributed by atoms with E-state index in [1.54, 1.807) is 18.3 Å². The third kappa shape index (κ3) is 5.63. The van der Waals surface area contributed by atoms with Crippen molar-refractivity contribution in [2.24, 2.45) is 0 Å². The van der Waals surface area contributed by atoms with Crippen LogP contribution in [0.15, 0.2) is 61.2 Å². The van der Waals surface area contributed by atoms with Gasteiger partial charge in [0.1, 0.15) is 29.9 Å². The molecule has 0 aliphatic rings. The predicted octanol–water partition coefficient (Wildman–Crippen LogP) is 5.64. The highest BCUT2D eigenvalue weighted by molar-refractivity contribution is 7.13. The van der Waals surface area contributed by atoms with Crippen LogP contribution < -0.4 is 10.1 Å². The standard InChI is InChI=1S/C25H20ClN5O5S/c26-17-12-15(4-5-20(17)36-19-2-1-3-21-16(19)13-29-37-21)30-25-24-18(27-14-28-25)8-9-31(24)10-11-35-23(34)7-6-22(32)33/h1-5,8-9,12-14H,6-7,10-11H2,(H,32,33)(H,27,28,30). The molecule has 0 aliphatic carbocycles. The summed E-state index contributed by atoms with van der Waals surface area (Å²) in [7, 11) is 0. The molecule has 5 aromatic rings. The van der Waals surface area contributed by atoms with Crippen molar-refractivity contribution in [2.75, 3.05) is 11.9 Å². The number of carbonyl (C=O) groups excluding carboxylic acids is 1. The monoisotopic (exact) mass is 537 g/mol. The molecule has 10 nitrogen and oxygen atoms in total. The summed E-state index contributed by atoms with van der Waals surface area (Å²) in [6.45, 7) is 0.432. The Bertz CT molecular complexity index is 1600. The Balaban J connectivity index is 1.30. The first kappa shape index (κ1) is 24.5. The number of carboxylic acids is 1. The quantitative estimate of drug-likeness (QED) is 0.217. The molecule has 2 aromatic carbocycles. The molecule has 2 N–H and O–H groups in total. The van der Waals surface area contributed by atoms with Crippen molar-refractivity contribution < 1.29 is 24.2 Å². The molecule has 3 heterocycles. The fraction of sp³-hybridized carbons (Fsp3) is 0.160. The summed E-state index contributed by atoms with van der Waals surface area (Å²) in [6.07, 6.45) is 4.61. The highest BCUT2D eigenvalue weighted by Crippen LogP contribution is 2.36. The lowest BCUT2D eigenvalue weighted by Gasteiger charge is -2.13. The van der Waals surface area contributed by atoms with Crippen LogP contribution in [0.25, 0.3) is 21.1 Å². The first-order chi connectivity index (χ1) is 18.0. The van der Waals surface area contributed by atoms with Crippen LogP contribution in [0.3, 0.4) is 0 Å². The number of hydrogen-bond donors (Lipinski definition) is 2. The summed E-state index contributed by atoms with van der Waals surface area (Å²) in [5.74, 6) is 0.126. The zero-order valence-corrected chi connectivity index (χ0v) is 20.8. The summed E-state index contributed by atoms with van der Waals surface area (Å²) in [5, 5.41) is 13.3. The van der Waals surface area contributed by atoms with Crippen molar-refractivity contribution in [3.8, 4) is 11.5 Å². The summed E-state index contributed by atoms with van der Waals surface area (Å²) in [4.78, 5) is 31.0. The van der Waals surface area contributed by atoms with Gasteiger partial charge in [-0.15, -0.1) is 0 Å². The molecule has 0 bridgehead atoms. The Kier molecular flexibility index (Phi) is 7.15. The van der Waals surface area contributed by atoms with Crippen molar-refractivity contribution >= 4 is 67.7 Å². The molecular weight excluding hydrogens is 518 g/mol. The smallest absolute Gasteiger partial charge is 0.306 e. The molecule has 0 atom stereocenters. The molecule has 0 saturated heterocycles. The number of benzene rings is 2. The van der Waals surface area contributed by atoms with Crippen LogP contribution in [0, 0.1) is 0 Å². The largest absolute Gasteiger partial charge is 0.481 e. The second-order valence-corrected chi connectivity index (χ2v) is 9.19. The van der Waals surface area contributed by atoms with Crippen LogP contribution >= 0.6 is 23.1 Å². The van der Waals surface area contributed by atoms with Gasteiger partial charge in [0, 0.05) is 11.9 Å². The zero-order chi connectivity index (χ0) is 25.8. The molecule has 0 spiro atoms. The van der Waals surface area contributed by atoms with Crippen molar-refractivity contribution in [1.29, 1.82) is 0 Å². The fourth-order valence-corrected chi connectivity index (χ4v) is 4.60. The number of nitrogens with one attached hydrogen (secondary N) is 1. The van der Waals surface area contributed by atoms with E-state index in [4.69, 9.17) is 26.2 Å². The minimum Gasteiger partial charge on any atom is -0.481 e. The molecule has 0 saturated carbocycles. The number of nitrogens with zero attached hydrogens (tertiary/aromatic N) is 4. The van der Waals surface area contributed by atoms with E-state index in [2.05, 4.69) is 19.7 Å². The van der Waals surface area contributed by atoms with Crippen LogP contribution in [0.5, 0.6) is 11.5 Å².